The fraction of sp³-hybridized carbons (Fsp3) is 0.400. The van der Waals surface area contributed by atoms with E-state index in [-0.39, 0.29) is 6.79 Å². The number of fused-ring (bicyclic) bond motifs is 2. The first-order valence-electron chi connectivity index (χ1n) is 4.59. The molecule has 14 heavy (non-hydrogen) atoms. The Morgan fingerprint density at radius 1 is 1.07 bits per heavy atom. The molecule has 3 rings (SSSR count). The molecule has 0 fully saturated rings. The van der Waals surface area contributed by atoms with Gasteiger partial charge in [-0.25, -0.2) is 0 Å². The summed E-state index contributed by atoms with van der Waals surface area (Å²) in [5, 5.41) is 9.72. The van der Waals surface area contributed by atoms with Gasteiger partial charge in [-0.1, -0.05) is 0 Å². The van der Waals surface area contributed by atoms with Gasteiger partial charge in [0.25, 0.3) is 0 Å². The SMILES string of the molecule is O[C@H]1CCOc2cc3c(cc21)OCO3. The van der Waals surface area contributed by atoms with Gasteiger partial charge in [0.1, 0.15) is 5.75 Å². The highest BCUT2D eigenvalue weighted by Crippen LogP contribution is 2.42. The van der Waals surface area contributed by atoms with E-state index in [0.29, 0.717) is 30.3 Å². The molecule has 74 valence electrons. The Kier molecular flexibility index (Phi) is 1.58. The number of hydrogen-bond donors (Lipinski definition) is 1. The molecule has 0 radical (unpaired) electrons. The third-order valence-corrected chi connectivity index (χ3v) is 2.51. The van der Waals surface area contributed by atoms with Crippen LogP contribution >= 0.6 is 0 Å². The number of rotatable bonds is 0. The van der Waals surface area contributed by atoms with Crippen LogP contribution in [0.2, 0.25) is 0 Å². The van der Waals surface area contributed by atoms with Gasteiger partial charge in [0.05, 0.1) is 12.7 Å². The second-order valence-electron chi connectivity index (χ2n) is 3.40. The van der Waals surface area contributed by atoms with Crippen LogP contribution in [0.5, 0.6) is 17.2 Å². The van der Waals surface area contributed by atoms with E-state index >= 15 is 0 Å². The topological polar surface area (TPSA) is 47.9 Å². The van der Waals surface area contributed by atoms with Crippen molar-refractivity contribution in [3.05, 3.63) is 17.7 Å². The summed E-state index contributed by atoms with van der Waals surface area (Å²) in [6, 6.07) is 3.57. The standard InChI is InChI=1S/C10H10O4/c11-7-1-2-12-8-4-10-9(3-6(7)8)13-5-14-10/h3-4,7,11H,1-2,5H2/t7-/m0/s1. The molecule has 1 aromatic rings. The van der Waals surface area contributed by atoms with Crippen molar-refractivity contribution in [1.29, 1.82) is 0 Å². The number of aliphatic hydroxyl groups is 1. The van der Waals surface area contributed by atoms with Gasteiger partial charge in [0.15, 0.2) is 11.5 Å². The van der Waals surface area contributed by atoms with Gasteiger partial charge in [-0.05, 0) is 6.07 Å². The number of ether oxygens (including phenoxy) is 3. The molecule has 1 atom stereocenters. The monoisotopic (exact) mass is 194 g/mol. The van der Waals surface area contributed by atoms with Crippen LogP contribution in [0.15, 0.2) is 12.1 Å². The summed E-state index contributed by atoms with van der Waals surface area (Å²) < 4.78 is 15.9. The molecule has 2 heterocycles. The van der Waals surface area contributed by atoms with Crippen molar-refractivity contribution in [3.8, 4) is 17.2 Å². The van der Waals surface area contributed by atoms with E-state index in [1.54, 1.807) is 12.1 Å². The molecule has 0 aliphatic carbocycles. The molecule has 0 saturated heterocycles. The fourth-order valence-corrected chi connectivity index (χ4v) is 1.76. The summed E-state index contributed by atoms with van der Waals surface area (Å²) in [5.41, 5.74) is 0.792. The van der Waals surface area contributed by atoms with Crippen LogP contribution in [0.3, 0.4) is 0 Å². The molecule has 4 heteroatoms. The minimum Gasteiger partial charge on any atom is -0.493 e. The number of hydrogen-bond acceptors (Lipinski definition) is 4. The van der Waals surface area contributed by atoms with E-state index in [2.05, 4.69) is 0 Å². The molecule has 4 nitrogen and oxygen atoms in total. The first-order chi connectivity index (χ1) is 6.84. The minimum atomic E-state index is -0.451. The molecule has 1 N–H and O–H groups in total. The zero-order valence-electron chi connectivity index (χ0n) is 7.53. The van der Waals surface area contributed by atoms with E-state index in [4.69, 9.17) is 14.2 Å². The van der Waals surface area contributed by atoms with Gasteiger partial charge in [-0.15, -0.1) is 0 Å². The first kappa shape index (κ1) is 7.94. The zero-order valence-corrected chi connectivity index (χ0v) is 7.53. The van der Waals surface area contributed by atoms with Crippen molar-refractivity contribution in [2.75, 3.05) is 13.4 Å². The van der Waals surface area contributed by atoms with E-state index in [0.717, 1.165) is 5.56 Å². The maximum absolute atomic E-state index is 9.72. The van der Waals surface area contributed by atoms with Crippen LogP contribution in [-0.4, -0.2) is 18.5 Å². The lowest BCUT2D eigenvalue weighted by Crippen LogP contribution is -2.13. The molecule has 2 aliphatic rings. The zero-order chi connectivity index (χ0) is 9.54. The normalized spacial score (nSPS) is 22.8. The van der Waals surface area contributed by atoms with Gasteiger partial charge >= 0.3 is 0 Å². The smallest absolute Gasteiger partial charge is 0.231 e. The fourth-order valence-electron chi connectivity index (χ4n) is 1.76. The second kappa shape index (κ2) is 2.78. The molecule has 0 bridgehead atoms. The van der Waals surface area contributed by atoms with Crippen LogP contribution in [0.4, 0.5) is 0 Å². The highest BCUT2D eigenvalue weighted by atomic mass is 16.7. The van der Waals surface area contributed by atoms with Crippen molar-refractivity contribution in [2.24, 2.45) is 0 Å². The molecule has 0 saturated carbocycles. The Labute approximate surface area is 81.0 Å². The summed E-state index contributed by atoms with van der Waals surface area (Å²) >= 11 is 0. The van der Waals surface area contributed by atoms with Crippen molar-refractivity contribution < 1.29 is 19.3 Å². The molecular formula is C10H10O4. The maximum Gasteiger partial charge on any atom is 0.231 e. The highest BCUT2D eigenvalue weighted by molar-refractivity contribution is 5.53. The molecular weight excluding hydrogens is 184 g/mol. The van der Waals surface area contributed by atoms with E-state index < -0.39 is 6.10 Å². The lowest BCUT2D eigenvalue weighted by Gasteiger charge is -2.22. The lowest BCUT2D eigenvalue weighted by atomic mass is 10.0. The van der Waals surface area contributed by atoms with Gasteiger partial charge in [-0.3, -0.25) is 0 Å². The molecule has 0 aromatic heterocycles. The van der Waals surface area contributed by atoms with Crippen LogP contribution in [0.25, 0.3) is 0 Å². The summed E-state index contributed by atoms with van der Waals surface area (Å²) in [5.74, 6) is 2.08. The van der Waals surface area contributed by atoms with E-state index in [1.165, 1.54) is 0 Å². The van der Waals surface area contributed by atoms with Crippen LogP contribution in [-0.2, 0) is 0 Å². The Balaban J connectivity index is 2.12. The summed E-state index contributed by atoms with van der Waals surface area (Å²) in [4.78, 5) is 0. The highest BCUT2D eigenvalue weighted by Gasteiger charge is 2.24. The van der Waals surface area contributed by atoms with E-state index in [9.17, 15) is 5.11 Å². The van der Waals surface area contributed by atoms with Gasteiger partial charge in [-0.2, -0.15) is 0 Å². The quantitative estimate of drug-likeness (QED) is 0.674. The van der Waals surface area contributed by atoms with Crippen molar-refractivity contribution in [3.63, 3.8) is 0 Å². The summed E-state index contributed by atoms with van der Waals surface area (Å²) in [6.07, 6.45) is 0.181. The Bertz CT molecular complexity index is 375. The largest absolute Gasteiger partial charge is 0.493 e. The molecule has 0 spiro atoms. The second-order valence-corrected chi connectivity index (χ2v) is 3.40. The van der Waals surface area contributed by atoms with Crippen LogP contribution in [0.1, 0.15) is 18.1 Å². The Morgan fingerprint density at radius 2 is 1.86 bits per heavy atom. The molecule has 0 amide bonds. The Hall–Kier alpha value is -1.42. The van der Waals surface area contributed by atoms with Gasteiger partial charge < -0.3 is 19.3 Å². The Morgan fingerprint density at radius 3 is 2.71 bits per heavy atom. The number of aliphatic hydroxyl groups excluding tert-OH is 1. The maximum atomic E-state index is 9.72. The predicted molar refractivity (Wildman–Crippen MR) is 47.6 cm³/mol. The van der Waals surface area contributed by atoms with Gasteiger partial charge in [0, 0.05) is 18.1 Å². The first-order valence-corrected chi connectivity index (χ1v) is 4.59. The van der Waals surface area contributed by atoms with Crippen molar-refractivity contribution in [2.45, 2.75) is 12.5 Å². The third-order valence-electron chi connectivity index (χ3n) is 2.51. The lowest BCUT2D eigenvalue weighted by molar-refractivity contribution is 0.115. The van der Waals surface area contributed by atoms with Crippen LogP contribution in [0, 0.1) is 0 Å². The molecule has 2 aliphatic heterocycles. The third kappa shape index (κ3) is 1.04. The summed E-state index contributed by atoms with van der Waals surface area (Å²) in [7, 11) is 0. The molecule has 0 unspecified atom stereocenters. The van der Waals surface area contributed by atoms with Crippen molar-refractivity contribution in [1.82, 2.24) is 0 Å². The van der Waals surface area contributed by atoms with Crippen LogP contribution < -0.4 is 14.2 Å². The average Bonchev–Trinajstić information content (AvgIpc) is 2.62. The van der Waals surface area contributed by atoms with Crippen molar-refractivity contribution >= 4 is 0 Å². The number of benzene rings is 1. The van der Waals surface area contributed by atoms with Gasteiger partial charge in [0.2, 0.25) is 6.79 Å². The average molecular weight is 194 g/mol. The minimum absolute atomic E-state index is 0.244. The predicted octanol–water partition coefficient (Wildman–Crippen LogP) is 1.23. The molecule has 1 aromatic carbocycles. The summed E-state index contributed by atoms with van der Waals surface area (Å²) in [6.45, 7) is 0.794. The van der Waals surface area contributed by atoms with E-state index in [1.807, 2.05) is 0 Å².